The summed E-state index contributed by atoms with van der Waals surface area (Å²) in [5.74, 6) is -0.806. The molecular formula is C33H44N4O3. The van der Waals surface area contributed by atoms with Gasteiger partial charge in [-0.05, 0) is 41.0 Å². The Morgan fingerprint density at radius 3 is 2.05 bits per heavy atom. The van der Waals surface area contributed by atoms with Gasteiger partial charge in [-0.3, -0.25) is 14.4 Å². The molecule has 0 aromatic heterocycles. The smallest absolute Gasteiger partial charge is 0.244 e. The summed E-state index contributed by atoms with van der Waals surface area (Å²) in [5.41, 5.74) is 7.85. The first-order valence-electron chi connectivity index (χ1n) is 13.8. The van der Waals surface area contributed by atoms with Crippen LogP contribution in [0.15, 0.2) is 84.9 Å². The molecule has 0 aliphatic heterocycles. The first-order chi connectivity index (χ1) is 19.4. The molecule has 40 heavy (non-hydrogen) atoms. The summed E-state index contributed by atoms with van der Waals surface area (Å²) in [6.45, 7) is 11.7. The van der Waals surface area contributed by atoms with Crippen LogP contribution in [0.25, 0.3) is 21.5 Å². The van der Waals surface area contributed by atoms with Crippen LogP contribution in [-0.2, 0) is 20.8 Å². The monoisotopic (exact) mass is 544 g/mol. The number of aryl methyl sites for hydroxylation is 1. The van der Waals surface area contributed by atoms with Crippen molar-refractivity contribution in [2.75, 3.05) is 6.67 Å². The zero-order chi connectivity index (χ0) is 29.9. The van der Waals surface area contributed by atoms with Gasteiger partial charge in [0, 0.05) is 6.42 Å². The molecule has 7 nitrogen and oxygen atoms in total. The molecular weight excluding hydrogens is 500 g/mol. The van der Waals surface area contributed by atoms with Crippen molar-refractivity contribution < 1.29 is 14.4 Å². The summed E-state index contributed by atoms with van der Waals surface area (Å²) in [5, 5.41) is 12.3. The molecule has 2 atom stereocenters. The van der Waals surface area contributed by atoms with Crippen molar-refractivity contribution in [1.82, 2.24) is 16.0 Å². The van der Waals surface area contributed by atoms with Gasteiger partial charge in [0.25, 0.3) is 0 Å². The van der Waals surface area contributed by atoms with Crippen LogP contribution < -0.4 is 21.7 Å². The Morgan fingerprint density at radius 1 is 0.800 bits per heavy atom. The molecule has 214 valence electrons. The third kappa shape index (κ3) is 10.9. The third-order valence-corrected chi connectivity index (χ3v) is 5.70. The van der Waals surface area contributed by atoms with Gasteiger partial charge in [-0.2, -0.15) is 0 Å². The Morgan fingerprint density at radius 2 is 1.40 bits per heavy atom. The van der Waals surface area contributed by atoms with E-state index in [-0.39, 0.29) is 6.67 Å². The first-order valence-corrected chi connectivity index (χ1v) is 13.8. The van der Waals surface area contributed by atoms with Crippen molar-refractivity contribution in [1.29, 1.82) is 0 Å². The van der Waals surface area contributed by atoms with Gasteiger partial charge in [0.15, 0.2) is 0 Å². The molecule has 0 fully saturated rings. The minimum Gasteiger partial charge on any atom is -0.343 e. The number of hydrogen-bond donors (Lipinski definition) is 4. The van der Waals surface area contributed by atoms with Gasteiger partial charge in [-0.1, -0.05) is 118 Å². The second-order valence-electron chi connectivity index (χ2n) is 8.58. The maximum Gasteiger partial charge on any atom is 0.244 e. The number of rotatable bonds is 8. The highest BCUT2D eigenvalue weighted by atomic mass is 16.2. The van der Waals surface area contributed by atoms with Crippen LogP contribution in [0.4, 0.5) is 0 Å². The fourth-order valence-corrected chi connectivity index (χ4v) is 3.81. The van der Waals surface area contributed by atoms with E-state index in [1.807, 2.05) is 70.2 Å². The van der Waals surface area contributed by atoms with E-state index in [9.17, 15) is 14.4 Å². The zero-order valence-corrected chi connectivity index (χ0v) is 24.5. The lowest BCUT2D eigenvalue weighted by molar-refractivity contribution is -0.129. The van der Waals surface area contributed by atoms with Crippen molar-refractivity contribution in [3.8, 4) is 0 Å². The summed E-state index contributed by atoms with van der Waals surface area (Å²) in [7, 11) is 0. The number of amides is 3. The lowest BCUT2D eigenvalue weighted by Crippen LogP contribution is -2.53. The maximum absolute atomic E-state index is 12.4. The van der Waals surface area contributed by atoms with E-state index < -0.39 is 23.9 Å². The quantitative estimate of drug-likeness (QED) is 0.138. The van der Waals surface area contributed by atoms with Crippen molar-refractivity contribution in [3.05, 3.63) is 96.1 Å². The highest BCUT2D eigenvalue weighted by molar-refractivity contribution is 5.91. The Bertz CT molecular complexity index is 1330. The predicted molar refractivity (Wildman–Crippen MR) is 167 cm³/mol. The molecule has 4 aromatic carbocycles. The summed E-state index contributed by atoms with van der Waals surface area (Å²) in [6.07, 6.45) is 0.799. The van der Waals surface area contributed by atoms with Crippen molar-refractivity contribution in [2.24, 2.45) is 5.73 Å². The summed E-state index contributed by atoms with van der Waals surface area (Å²) in [4.78, 5) is 34.7. The van der Waals surface area contributed by atoms with Crippen molar-refractivity contribution >= 4 is 39.8 Å². The molecule has 0 radical (unpaired) electrons. The number of nitrogens with two attached hydrogens (primary N) is 1. The van der Waals surface area contributed by atoms with E-state index in [2.05, 4.69) is 65.3 Å². The number of carbonyl (C=O) groups excluding carboxylic acids is 3. The van der Waals surface area contributed by atoms with Gasteiger partial charge in [0.1, 0.15) is 6.04 Å². The molecule has 5 N–H and O–H groups in total. The van der Waals surface area contributed by atoms with Crippen LogP contribution in [0.1, 0.15) is 45.7 Å². The Kier molecular flexibility index (Phi) is 16.0. The largest absolute Gasteiger partial charge is 0.343 e. The van der Waals surface area contributed by atoms with Gasteiger partial charge in [-0.25, -0.2) is 0 Å². The molecule has 2 unspecified atom stereocenters. The van der Waals surface area contributed by atoms with Crippen LogP contribution in [0.3, 0.4) is 0 Å². The normalized spacial score (nSPS) is 11.2. The predicted octanol–water partition coefficient (Wildman–Crippen LogP) is 5.23. The summed E-state index contributed by atoms with van der Waals surface area (Å²) in [6, 6.07) is 27.0. The number of nitrogens with one attached hydrogen (secondary N) is 3. The van der Waals surface area contributed by atoms with E-state index in [0.717, 1.165) is 16.3 Å². The van der Waals surface area contributed by atoms with Crippen LogP contribution >= 0.6 is 0 Å². The van der Waals surface area contributed by atoms with Crippen LogP contribution in [-0.4, -0.2) is 37.0 Å². The van der Waals surface area contributed by atoms with Gasteiger partial charge in [0.05, 0.1) is 12.7 Å². The molecule has 0 saturated carbocycles. The van der Waals surface area contributed by atoms with E-state index in [1.165, 1.54) is 16.3 Å². The third-order valence-electron chi connectivity index (χ3n) is 5.70. The zero-order valence-electron chi connectivity index (χ0n) is 24.5. The van der Waals surface area contributed by atoms with E-state index in [4.69, 9.17) is 5.73 Å². The van der Waals surface area contributed by atoms with Gasteiger partial charge >= 0.3 is 0 Å². The maximum atomic E-state index is 12.4. The minimum absolute atomic E-state index is 0.0115. The van der Waals surface area contributed by atoms with E-state index in [1.54, 1.807) is 6.92 Å². The topological polar surface area (TPSA) is 113 Å². The fraction of sp³-hybridized carbons (Fsp3) is 0.303. The average Bonchev–Trinajstić information content (AvgIpc) is 2.99. The van der Waals surface area contributed by atoms with Crippen LogP contribution in [0.2, 0.25) is 0 Å². The number of fused-ring (bicyclic) bond motifs is 2. The standard InChI is InChI=1S/C18H22N4O3.C11H10.2C2H6/c1-12(19)17(24)22-16(18(25)21-10-20-11-23)9-14-7-4-6-13-5-2-3-8-15(13)14;1-9-6-7-10-4-2-3-5-11(10)8-9;2*1-2/h2-8,11-12,16H,9-10,19H2,1H3,(H,20,23)(H,21,25)(H,22,24);2-8H,1H3;2*1-2H3. The molecule has 0 bridgehead atoms. The van der Waals surface area contributed by atoms with E-state index >= 15 is 0 Å². The SMILES string of the molecule is CC.CC.CC(N)C(=O)NC(Cc1cccc2ccccc12)C(=O)NCNC=O.Cc1ccc2ccccc2c1. The lowest BCUT2D eigenvalue weighted by atomic mass is 9.98. The second kappa shape index (κ2) is 18.9. The summed E-state index contributed by atoms with van der Waals surface area (Å²) < 4.78 is 0. The Labute approximate surface area is 238 Å². The van der Waals surface area contributed by atoms with Gasteiger partial charge < -0.3 is 21.7 Å². The van der Waals surface area contributed by atoms with Gasteiger partial charge in [-0.15, -0.1) is 0 Å². The molecule has 0 aliphatic carbocycles. The average molecular weight is 545 g/mol. The molecule has 0 spiro atoms. The van der Waals surface area contributed by atoms with Crippen molar-refractivity contribution in [3.63, 3.8) is 0 Å². The number of benzene rings is 4. The van der Waals surface area contributed by atoms with Gasteiger partial charge in [0.2, 0.25) is 18.2 Å². The van der Waals surface area contributed by atoms with E-state index in [0.29, 0.717) is 12.8 Å². The molecule has 7 heteroatoms. The molecule has 0 aliphatic rings. The molecule has 0 saturated heterocycles. The molecule has 0 heterocycles. The Hall–Kier alpha value is -4.23. The van der Waals surface area contributed by atoms with Crippen LogP contribution in [0.5, 0.6) is 0 Å². The summed E-state index contributed by atoms with van der Waals surface area (Å²) >= 11 is 0. The molecule has 4 rings (SSSR count). The molecule has 3 amide bonds. The van der Waals surface area contributed by atoms with Crippen LogP contribution in [0, 0.1) is 6.92 Å². The Balaban J connectivity index is 0.000000440. The number of hydrogen-bond acceptors (Lipinski definition) is 4. The second-order valence-corrected chi connectivity index (χ2v) is 8.58. The minimum atomic E-state index is -0.794. The van der Waals surface area contributed by atoms with Crippen molar-refractivity contribution in [2.45, 2.75) is 60.0 Å². The first kappa shape index (κ1) is 33.8. The lowest BCUT2D eigenvalue weighted by Gasteiger charge is -2.20. The fourth-order valence-electron chi connectivity index (χ4n) is 3.81. The number of carbonyl (C=O) groups is 3. The molecule has 4 aromatic rings. The highest BCUT2D eigenvalue weighted by Gasteiger charge is 2.23. The highest BCUT2D eigenvalue weighted by Crippen LogP contribution is 2.20.